The normalized spacial score (nSPS) is 10.6. The fourth-order valence-corrected chi connectivity index (χ4v) is 0.602. The molecular formula is C8H6O. The third-order valence-electron chi connectivity index (χ3n) is 1.00. The van der Waals surface area contributed by atoms with Gasteiger partial charge in [-0.2, -0.15) is 0 Å². The number of hydrogen-bond acceptors (Lipinski definition) is 1. The van der Waals surface area contributed by atoms with Gasteiger partial charge in [-0.1, -0.05) is 18.2 Å². The Balaban J connectivity index is 3.07. The van der Waals surface area contributed by atoms with Gasteiger partial charge in [0.05, 0.1) is 0 Å². The van der Waals surface area contributed by atoms with Gasteiger partial charge in [0.1, 0.15) is 7.63 Å². The second-order valence-corrected chi connectivity index (χ2v) is 1.73. The maximum Gasteiger partial charge on any atom is 0.150 e. The van der Waals surface area contributed by atoms with Gasteiger partial charge in [-0.05, 0) is 18.6 Å². The number of aldehydes is 1. The van der Waals surface area contributed by atoms with Crippen molar-refractivity contribution in [3.8, 4) is 0 Å². The molecule has 0 saturated carbocycles. The number of carbonyl (C=O) groups excluding carboxylic acids is 1. The molecule has 0 N–H and O–H groups in total. The summed E-state index contributed by atoms with van der Waals surface area (Å²) in [4.78, 5) is 10.4. The number of benzene rings is 1. The monoisotopic (exact) mass is 120 g/mol. The third kappa shape index (κ3) is 1.39. The molecule has 9 heavy (non-hydrogen) atoms. The lowest BCUT2D eigenvalue weighted by Gasteiger charge is -1.89. The zero-order valence-electron chi connectivity index (χ0n) is 5.79. The number of hydrogen-bond donors (Lipinski definition) is 0. The molecular weight excluding hydrogens is 112 g/mol. The first-order chi connectivity index (χ1) is 4.70. The molecule has 1 aromatic carbocycles. The summed E-state index contributed by atoms with van der Waals surface area (Å²) in [6.45, 7) is 5.36. The van der Waals surface area contributed by atoms with Crippen LogP contribution in [0, 0.1) is 6.92 Å². The first-order valence-corrected chi connectivity index (χ1v) is 2.56. The maximum atomic E-state index is 10.4. The van der Waals surface area contributed by atoms with E-state index in [2.05, 4.69) is 0 Å². The van der Waals surface area contributed by atoms with Gasteiger partial charge in [-0.25, -0.2) is 0 Å². The van der Waals surface area contributed by atoms with Crippen LogP contribution in [-0.4, -0.2) is 6.26 Å². The van der Waals surface area contributed by atoms with E-state index in [9.17, 15) is 4.79 Å². The SMILES string of the molecule is [3H]C(=O)c1cccc([CH])c1. The van der Waals surface area contributed by atoms with E-state index in [0.717, 1.165) is 0 Å². The van der Waals surface area contributed by atoms with E-state index < -0.39 is 6.26 Å². The van der Waals surface area contributed by atoms with Gasteiger partial charge in [0.25, 0.3) is 0 Å². The predicted octanol–water partition coefficient (Wildman–Crippen LogP) is 1.56. The van der Waals surface area contributed by atoms with Crippen molar-refractivity contribution in [2.75, 3.05) is 0 Å². The van der Waals surface area contributed by atoms with Crippen LogP contribution in [0.5, 0.6) is 0 Å². The van der Waals surface area contributed by atoms with Gasteiger partial charge in [0.15, 0.2) is 0 Å². The number of rotatable bonds is 1. The smallest absolute Gasteiger partial charge is 0.150 e. The highest BCUT2D eigenvalue weighted by molar-refractivity contribution is 5.74. The van der Waals surface area contributed by atoms with Gasteiger partial charge >= 0.3 is 0 Å². The van der Waals surface area contributed by atoms with Crippen molar-refractivity contribution in [3.05, 3.63) is 42.3 Å². The molecule has 0 saturated heterocycles. The summed E-state index contributed by atoms with van der Waals surface area (Å²) < 4.78 is 6.72. The van der Waals surface area contributed by atoms with Crippen LogP contribution in [0.2, 0.25) is 0 Å². The Kier molecular flexibility index (Phi) is 1.29. The average molecular weight is 120 g/mol. The van der Waals surface area contributed by atoms with E-state index in [1.165, 1.54) is 6.07 Å². The van der Waals surface area contributed by atoms with Crippen LogP contribution in [0.25, 0.3) is 0 Å². The lowest BCUT2D eigenvalue weighted by atomic mass is 10.2. The molecule has 0 aliphatic carbocycles. The summed E-state index contributed by atoms with van der Waals surface area (Å²) in [7, 11) is 0. The summed E-state index contributed by atoms with van der Waals surface area (Å²) in [5.74, 6) is 0. The van der Waals surface area contributed by atoms with Crippen molar-refractivity contribution >= 4 is 6.26 Å². The molecule has 2 radical (unpaired) electrons. The molecule has 1 aromatic rings. The molecule has 0 aliphatic rings. The largest absolute Gasteiger partial charge is 0.298 e. The summed E-state index contributed by atoms with van der Waals surface area (Å²) in [5.41, 5.74) is 0.845. The molecule has 0 heterocycles. The second-order valence-electron chi connectivity index (χ2n) is 1.73. The van der Waals surface area contributed by atoms with Crippen molar-refractivity contribution < 1.29 is 6.17 Å². The zero-order valence-corrected chi connectivity index (χ0v) is 4.79. The predicted molar refractivity (Wildman–Crippen MR) is 35.2 cm³/mol. The Hall–Kier alpha value is -1.11. The Morgan fingerprint density at radius 2 is 2.44 bits per heavy atom. The Labute approximate surface area is 55.7 Å². The van der Waals surface area contributed by atoms with Crippen molar-refractivity contribution in [1.82, 2.24) is 0 Å². The zero-order chi connectivity index (χ0) is 7.56. The quantitative estimate of drug-likeness (QED) is 0.514. The summed E-state index contributed by atoms with van der Waals surface area (Å²) in [6, 6.07) is 6.37. The Bertz CT molecular complexity index is 255. The minimum atomic E-state index is -0.702. The van der Waals surface area contributed by atoms with Gasteiger partial charge in [0, 0.05) is 5.56 Å². The highest BCUT2D eigenvalue weighted by Crippen LogP contribution is 1.99. The van der Waals surface area contributed by atoms with E-state index in [0.29, 0.717) is 11.1 Å². The van der Waals surface area contributed by atoms with Crippen LogP contribution in [0.15, 0.2) is 24.3 Å². The average Bonchev–Trinajstić information content (AvgIpc) is 1.88. The minimum absolute atomic E-state index is 0.333. The fourth-order valence-electron chi connectivity index (χ4n) is 0.602. The van der Waals surface area contributed by atoms with Crippen molar-refractivity contribution in [2.45, 2.75) is 0 Å². The van der Waals surface area contributed by atoms with E-state index in [1.807, 2.05) is 0 Å². The molecule has 1 heteroatoms. The van der Waals surface area contributed by atoms with E-state index in [1.54, 1.807) is 18.2 Å². The van der Waals surface area contributed by atoms with Gasteiger partial charge < -0.3 is 0 Å². The highest BCUT2D eigenvalue weighted by atomic mass is 16.1. The summed E-state index contributed by atoms with van der Waals surface area (Å²) in [6.07, 6.45) is -0.702. The van der Waals surface area contributed by atoms with Crippen LogP contribution in [0.3, 0.4) is 0 Å². The van der Waals surface area contributed by atoms with Crippen molar-refractivity contribution in [2.24, 2.45) is 0 Å². The molecule has 0 fully saturated rings. The first kappa shape index (κ1) is 4.74. The first-order valence-electron chi connectivity index (χ1n) is 3.06. The van der Waals surface area contributed by atoms with Gasteiger partial charge in [-0.3, -0.25) is 4.79 Å². The molecule has 1 nitrogen and oxygen atoms in total. The van der Waals surface area contributed by atoms with Crippen LogP contribution in [-0.2, 0) is 0 Å². The lowest BCUT2D eigenvalue weighted by Crippen LogP contribution is -1.78. The van der Waals surface area contributed by atoms with Crippen molar-refractivity contribution in [3.63, 3.8) is 0 Å². The van der Waals surface area contributed by atoms with Crippen LogP contribution in [0.4, 0.5) is 0 Å². The van der Waals surface area contributed by atoms with E-state index >= 15 is 0 Å². The molecule has 0 aromatic heterocycles. The van der Waals surface area contributed by atoms with Gasteiger partial charge in [0.2, 0.25) is 0 Å². The molecule has 44 valence electrons. The Morgan fingerprint density at radius 3 is 2.89 bits per heavy atom. The highest BCUT2D eigenvalue weighted by Gasteiger charge is 1.86. The van der Waals surface area contributed by atoms with Crippen molar-refractivity contribution in [1.29, 1.82) is 0 Å². The van der Waals surface area contributed by atoms with Gasteiger partial charge in [-0.15, -0.1) is 0 Å². The van der Waals surface area contributed by atoms with Crippen LogP contribution < -0.4 is 0 Å². The third-order valence-corrected chi connectivity index (χ3v) is 1.00. The summed E-state index contributed by atoms with van der Waals surface area (Å²) in [5, 5.41) is 0. The standard InChI is InChI=1S/C8H6O/c1-7-3-2-4-8(5-7)6-9/h1-6H/i6T. The topological polar surface area (TPSA) is 17.1 Å². The molecule has 0 amide bonds. The minimum Gasteiger partial charge on any atom is -0.298 e. The van der Waals surface area contributed by atoms with Crippen LogP contribution in [0.1, 0.15) is 17.3 Å². The molecule has 0 spiro atoms. The number of carbonyl (C=O) groups is 1. The second kappa shape index (κ2) is 2.44. The van der Waals surface area contributed by atoms with Crippen LogP contribution >= 0.6 is 0 Å². The Morgan fingerprint density at radius 1 is 1.67 bits per heavy atom. The fraction of sp³-hybridized carbons (Fsp3) is 0. The maximum absolute atomic E-state index is 10.4. The lowest BCUT2D eigenvalue weighted by molar-refractivity contribution is 0.112. The van der Waals surface area contributed by atoms with E-state index in [-0.39, 0.29) is 0 Å². The molecule has 0 aliphatic heterocycles. The summed E-state index contributed by atoms with van der Waals surface area (Å²) >= 11 is 0. The molecule has 1 rings (SSSR count). The molecule has 0 bridgehead atoms. The molecule has 0 atom stereocenters. The molecule has 0 unspecified atom stereocenters. The van der Waals surface area contributed by atoms with E-state index in [4.69, 9.17) is 8.29 Å².